The average Bonchev–Trinajstić information content (AvgIpc) is 2.60. The van der Waals surface area contributed by atoms with E-state index in [1.54, 1.807) is 0 Å². The third-order valence-electron chi connectivity index (χ3n) is 3.40. The lowest BCUT2D eigenvalue weighted by Gasteiger charge is -2.08. The fourth-order valence-electron chi connectivity index (χ4n) is 1.97. The van der Waals surface area contributed by atoms with Gasteiger partial charge in [0.15, 0.2) is 6.61 Å². The summed E-state index contributed by atoms with van der Waals surface area (Å²) in [5.74, 6) is -1.33. The summed E-state index contributed by atoms with van der Waals surface area (Å²) in [4.78, 5) is 26.4. The molecule has 0 spiro atoms. The van der Waals surface area contributed by atoms with E-state index in [0.717, 1.165) is 11.1 Å². The summed E-state index contributed by atoms with van der Waals surface area (Å²) in [5.41, 5.74) is 7.43. The molecule has 0 unspecified atom stereocenters. The van der Waals surface area contributed by atoms with Gasteiger partial charge >= 0.3 is 11.7 Å². The van der Waals surface area contributed by atoms with E-state index in [2.05, 4.69) is 10.3 Å². The second-order valence-corrected chi connectivity index (χ2v) is 6.27. The van der Waals surface area contributed by atoms with Crippen LogP contribution in [0.25, 0.3) is 0 Å². The normalized spacial score (nSPS) is 10.4. The smallest absolute Gasteiger partial charge is 0.405 e. The molecule has 6 nitrogen and oxygen atoms in total. The van der Waals surface area contributed by atoms with E-state index in [9.17, 15) is 9.59 Å². The number of pyridine rings is 1. The monoisotopic (exact) mass is 402 g/mol. The first kappa shape index (κ1) is 19.3. The Balaban J connectivity index is 1.94. The number of halogens is 3. The highest BCUT2D eigenvalue weighted by molar-refractivity contribution is 6.45. The van der Waals surface area contributed by atoms with Gasteiger partial charge in [-0.05, 0) is 29.7 Å². The van der Waals surface area contributed by atoms with Crippen molar-refractivity contribution in [2.24, 2.45) is 0 Å². The quantitative estimate of drug-likeness (QED) is 0.593. The van der Waals surface area contributed by atoms with Gasteiger partial charge in [-0.2, -0.15) is 4.98 Å². The van der Waals surface area contributed by atoms with E-state index in [1.165, 1.54) is 0 Å². The Morgan fingerprint density at radius 3 is 2.56 bits per heavy atom. The van der Waals surface area contributed by atoms with Gasteiger partial charge in [0.1, 0.15) is 10.0 Å². The molecule has 0 radical (unpaired) electrons. The van der Waals surface area contributed by atoms with E-state index in [-0.39, 0.29) is 26.6 Å². The average molecular weight is 404 g/mol. The number of carbonyl (C=O) groups is 2. The van der Waals surface area contributed by atoms with E-state index in [4.69, 9.17) is 45.3 Å². The lowest BCUT2D eigenvalue weighted by Crippen LogP contribution is -2.30. The van der Waals surface area contributed by atoms with Gasteiger partial charge in [-0.25, -0.2) is 4.79 Å². The van der Waals surface area contributed by atoms with Crippen LogP contribution in [0.1, 0.15) is 21.6 Å². The number of hydrogen-bond donors (Lipinski definition) is 2. The Labute approximate surface area is 159 Å². The lowest BCUT2D eigenvalue weighted by molar-refractivity contribution is -0.380. The molecule has 1 amide bonds. The maximum Gasteiger partial charge on any atom is 0.405 e. The summed E-state index contributed by atoms with van der Waals surface area (Å²) in [6.45, 7) is 1.79. The molecule has 0 aliphatic heterocycles. The van der Waals surface area contributed by atoms with Gasteiger partial charge in [0.2, 0.25) is 0 Å². The third kappa shape index (κ3) is 4.75. The third-order valence-corrected chi connectivity index (χ3v) is 4.56. The van der Waals surface area contributed by atoms with Gasteiger partial charge in [-0.3, -0.25) is 4.79 Å². The fourth-order valence-corrected chi connectivity index (χ4v) is 2.57. The number of esters is 1. The molecule has 0 saturated carbocycles. The Morgan fingerprint density at radius 2 is 1.88 bits per heavy atom. The maximum absolute atomic E-state index is 12.0. The van der Waals surface area contributed by atoms with Crippen molar-refractivity contribution in [1.29, 1.82) is 0 Å². The molecule has 2 aromatic rings. The first-order valence-electron chi connectivity index (χ1n) is 7.14. The molecule has 9 heteroatoms. The first-order chi connectivity index (χ1) is 11.8. The van der Waals surface area contributed by atoms with Crippen LogP contribution in [0, 0.1) is 6.92 Å². The zero-order valence-corrected chi connectivity index (χ0v) is 15.4. The number of rotatable bonds is 5. The Kier molecular flexibility index (Phi) is 6.47. The number of nitrogen functional groups attached to an aromatic ring is 1. The van der Waals surface area contributed by atoms with Gasteiger partial charge in [0.25, 0.3) is 11.1 Å². The number of nitrogens with two attached hydrogens (primary N) is 1. The number of benzene rings is 1. The molecule has 0 atom stereocenters. The van der Waals surface area contributed by atoms with Crippen molar-refractivity contribution in [3.8, 4) is 0 Å². The van der Waals surface area contributed by atoms with Gasteiger partial charge < -0.3 is 15.8 Å². The van der Waals surface area contributed by atoms with Crippen molar-refractivity contribution in [2.45, 2.75) is 13.5 Å². The fraction of sp³-hybridized carbons (Fsp3) is 0.188. The van der Waals surface area contributed by atoms with Crippen LogP contribution < -0.4 is 16.0 Å². The lowest BCUT2D eigenvalue weighted by atomic mass is 10.1. The molecule has 4 N–H and O–H groups in total. The molecule has 1 aromatic heterocycles. The van der Waals surface area contributed by atoms with Crippen LogP contribution in [-0.2, 0) is 16.1 Å². The number of ether oxygens (including phenoxy) is 1. The Hall–Kier alpha value is -2.02. The number of carbonyl (C=O) groups excluding carboxylic acids is 2. The number of aryl methyl sites for hydroxylation is 1. The van der Waals surface area contributed by atoms with E-state index >= 15 is 0 Å². The van der Waals surface area contributed by atoms with Crippen LogP contribution in [0.3, 0.4) is 0 Å². The Morgan fingerprint density at radius 1 is 1.20 bits per heavy atom. The van der Waals surface area contributed by atoms with Crippen LogP contribution in [0.4, 0.5) is 5.69 Å². The van der Waals surface area contributed by atoms with Gasteiger partial charge in [0.05, 0.1) is 5.69 Å². The highest BCUT2D eigenvalue weighted by atomic mass is 35.5. The van der Waals surface area contributed by atoms with Crippen LogP contribution in [0.2, 0.25) is 15.2 Å². The maximum atomic E-state index is 12.0. The highest BCUT2D eigenvalue weighted by Crippen LogP contribution is 2.32. The van der Waals surface area contributed by atoms with Crippen molar-refractivity contribution >= 4 is 52.4 Å². The summed E-state index contributed by atoms with van der Waals surface area (Å²) in [7, 11) is 0. The molecule has 1 aromatic carbocycles. The van der Waals surface area contributed by atoms with Crippen LogP contribution >= 0.6 is 34.8 Å². The van der Waals surface area contributed by atoms with Crippen molar-refractivity contribution in [2.75, 3.05) is 12.3 Å². The zero-order chi connectivity index (χ0) is 18.6. The number of H-pyrrole nitrogens is 1. The van der Waals surface area contributed by atoms with Gasteiger partial charge in [-0.15, -0.1) is 0 Å². The van der Waals surface area contributed by atoms with Crippen molar-refractivity contribution in [3.63, 3.8) is 0 Å². The molecule has 25 heavy (non-hydrogen) atoms. The summed E-state index contributed by atoms with van der Waals surface area (Å²) < 4.78 is 4.92. The molecular formula is C16H15Cl3N3O3+. The molecule has 132 valence electrons. The topological polar surface area (TPSA) is 95.6 Å². The molecule has 0 saturated heterocycles. The Bertz CT molecular complexity index is 828. The van der Waals surface area contributed by atoms with Crippen molar-refractivity contribution in [3.05, 3.63) is 56.3 Å². The predicted octanol–water partition coefficient (Wildman–Crippen LogP) is 2.82. The van der Waals surface area contributed by atoms with Crippen LogP contribution in [0.15, 0.2) is 24.3 Å². The summed E-state index contributed by atoms with van der Waals surface area (Å²) in [6, 6.07) is 7.62. The molecule has 0 fully saturated rings. The number of amides is 1. The van der Waals surface area contributed by atoms with E-state index < -0.39 is 18.5 Å². The summed E-state index contributed by atoms with van der Waals surface area (Å²) >= 11 is 17.6. The molecular weight excluding hydrogens is 389 g/mol. The van der Waals surface area contributed by atoms with Gasteiger partial charge in [-0.1, -0.05) is 47.5 Å². The standard InChI is InChI=1S/C16H14Cl3N3O3/c1-8-4-2-3-5-9(8)6-21-10(23)7-25-16(24)14-11(17)13(20)12(18)15(19)22-14/h2-5H,6-7H2,1H3,(H2,20,22)(H,21,23)/p+1. The minimum atomic E-state index is -0.874. The SMILES string of the molecule is Cc1ccccc1CNC(=O)COC(=O)c1[nH+]c(Cl)c(Cl)c(N)c1Cl. The van der Waals surface area contributed by atoms with Crippen molar-refractivity contribution in [1.82, 2.24) is 5.32 Å². The number of aromatic nitrogens is 1. The zero-order valence-electron chi connectivity index (χ0n) is 13.2. The molecule has 0 bridgehead atoms. The first-order valence-corrected chi connectivity index (χ1v) is 8.28. The van der Waals surface area contributed by atoms with Crippen LogP contribution in [-0.4, -0.2) is 18.5 Å². The highest BCUT2D eigenvalue weighted by Gasteiger charge is 2.27. The minimum Gasteiger partial charge on any atom is -0.448 e. The summed E-state index contributed by atoms with van der Waals surface area (Å²) in [5, 5.41) is 2.48. The molecule has 1 heterocycles. The number of hydrogen-bond acceptors (Lipinski definition) is 4. The second kappa shape index (κ2) is 8.38. The summed E-state index contributed by atoms with van der Waals surface area (Å²) in [6.07, 6.45) is 0. The number of anilines is 1. The molecule has 0 aliphatic rings. The largest absolute Gasteiger partial charge is 0.448 e. The number of aromatic amines is 1. The molecule has 0 aliphatic carbocycles. The number of nitrogens with one attached hydrogen (secondary N) is 2. The van der Waals surface area contributed by atoms with Crippen LogP contribution in [0.5, 0.6) is 0 Å². The second-order valence-electron chi connectivity index (χ2n) is 5.13. The molecule has 2 rings (SSSR count). The minimum absolute atomic E-state index is 0.000749. The van der Waals surface area contributed by atoms with E-state index in [0.29, 0.717) is 6.54 Å². The predicted molar refractivity (Wildman–Crippen MR) is 95.7 cm³/mol. The van der Waals surface area contributed by atoms with E-state index in [1.807, 2.05) is 31.2 Å². The van der Waals surface area contributed by atoms with Crippen molar-refractivity contribution < 1.29 is 19.3 Å². The van der Waals surface area contributed by atoms with Gasteiger partial charge in [0, 0.05) is 6.54 Å².